The molecule has 0 bridgehead atoms. The molecule has 0 N–H and O–H groups in total. The third kappa shape index (κ3) is 4.71. The summed E-state index contributed by atoms with van der Waals surface area (Å²) < 4.78 is 0. The number of carbonyl (C=O) groups excluding carboxylic acids is 1. The number of para-hydroxylation sites is 1. The van der Waals surface area contributed by atoms with E-state index in [9.17, 15) is 4.79 Å². The molecule has 1 saturated carbocycles. The van der Waals surface area contributed by atoms with E-state index in [0.29, 0.717) is 12.8 Å². The van der Waals surface area contributed by atoms with E-state index >= 15 is 0 Å². The van der Waals surface area contributed by atoms with Crippen molar-refractivity contribution in [3.05, 3.63) is 89.7 Å². The fourth-order valence-corrected chi connectivity index (χ4v) is 6.81. The van der Waals surface area contributed by atoms with Crippen LogP contribution in [0.1, 0.15) is 61.6 Å². The highest BCUT2D eigenvalue weighted by Crippen LogP contribution is 2.50. The lowest BCUT2D eigenvalue weighted by Crippen LogP contribution is -2.47. The summed E-state index contributed by atoms with van der Waals surface area (Å²) in [7, 11) is 0. The minimum Gasteiger partial charge on any atom is -0.340 e. The fourth-order valence-electron chi connectivity index (χ4n) is 6.81. The largest absolute Gasteiger partial charge is 0.340 e. The summed E-state index contributed by atoms with van der Waals surface area (Å²) in [4.78, 5) is 22.0. The molecule has 3 aliphatic rings. The van der Waals surface area contributed by atoms with Crippen LogP contribution in [0.25, 0.3) is 0 Å². The maximum absolute atomic E-state index is 12.6. The molecule has 1 spiro atoms. The standard InChI is InChI=1S/C32H37N3O/c36-29(16-13-26-6-5-19-33-23-26)22-25-11-14-28(15-12-25)35-24-32(30-9-3-4-10-31(30)35)17-20-34(21-18-32)27-7-1-2-8-27/h3-6,9-12,14-15,19,23,27H,1-2,7-8,13,16-18,20-22,24H2. The predicted octanol–water partition coefficient (Wildman–Crippen LogP) is 6.25. The number of carbonyl (C=O) groups is 1. The summed E-state index contributed by atoms with van der Waals surface area (Å²) >= 11 is 0. The Morgan fingerprint density at radius 3 is 2.44 bits per heavy atom. The van der Waals surface area contributed by atoms with Gasteiger partial charge in [0.05, 0.1) is 0 Å². The number of fused-ring (bicyclic) bond motifs is 2. The second-order valence-corrected chi connectivity index (χ2v) is 11.1. The van der Waals surface area contributed by atoms with Crippen molar-refractivity contribution in [2.45, 2.75) is 69.2 Å². The van der Waals surface area contributed by atoms with E-state index in [2.05, 4.69) is 63.3 Å². The summed E-state index contributed by atoms with van der Waals surface area (Å²) in [5.74, 6) is 0.283. The molecule has 1 aromatic heterocycles. The van der Waals surface area contributed by atoms with E-state index in [4.69, 9.17) is 0 Å². The first-order chi connectivity index (χ1) is 17.7. The second-order valence-electron chi connectivity index (χ2n) is 11.1. The number of likely N-dealkylation sites (tertiary alicyclic amines) is 1. The number of aryl methyl sites for hydroxylation is 1. The zero-order valence-electron chi connectivity index (χ0n) is 21.2. The molecule has 4 heteroatoms. The molecule has 2 aliphatic heterocycles. The Labute approximate surface area is 215 Å². The average molecular weight is 480 g/mol. The Balaban J connectivity index is 1.12. The molecule has 6 rings (SSSR count). The van der Waals surface area contributed by atoms with Crippen LogP contribution in [0.2, 0.25) is 0 Å². The van der Waals surface area contributed by atoms with Crippen LogP contribution >= 0.6 is 0 Å². The van der Waals surface area contributed by atoms with E-state index in [1.165, 1.54) is 68.6 Å². The molecular weight excluding hydrogens is 442 g/mol. The van der Waals surface area contributed by atoms with Gasteiger partial charge in [0.2, 0.25) is 0 Å². The average Bonchev–Trinajstić information content (AvgIpc) is 3.57. The molecule has 2 aromatic carbocycles. The van der Waals surface area contributed by atoms with Crippen molar-refractivity contribution in [2.75, 3.05) is 24.5 Å². The molecular formula is C32H37N3O. The lowest BCUT2D eigenvalue weighted by molar-refractivity contribution is -0.118. The number of hydrogen-bond donors (Lipinski definition) is 0. The number of aromatic nitrogens is 1. The molecule has 1 saturated heterocycles. The van der Waals surface area contributed by atoms with E-state index in [0.717, 1.165) is 30.1 Å². The van der Waals surface area contributed by atoms with Crippen molar-refractivity contribution < 1.29 is 4.79 Å². The zero-order valence-corrected chi connectivity index (χ0v) is 21.2. The topological polar surface area (TPSA) is 36.4 Å². The lowest BCUT2D eigenvalue weighted by atomic mass is 9.74. The Hall–Kier alpha value is -2.98. The number of rotatable bonds is 7. The lowest BCUT2D eigenvalue weighted by Gasteiger charge is -2.42. The SMILES string of the molecule is O=C(CCc1cccnc1)Cc1ccc(N2CC3(CCN(C4CCCC4)CC3)c3ccccc32)cc1. The van der Waals surface area contributed by atoms with Gasteiger partial charge in [-0.05, 0) is 86.1 Å². The Morgan fingerprint density at radius 2 is 1.69 bits per heavy atom. The van der Waals surface area contributed by atoms with Crippen LogP contribution in [0.15, 0.2) is 73.1 Å². The molecule has 0 unspecified atom stereocenters. The highest BCUT2D eigenvalue weighted by atomic mass is 16.1. The van der Waals surface area contributed by atoms with Crippen molar-refractivity contribution in [2.24, 2.45) is 0 Å². The predicted molar refractivity (Wildman–Crippen MR) is 146 cm³/mol. The molecule has 186 valence electrons. The first-order valence-corrected chi connectivity index (χ1v) is 13.8. The number of nitrogens with zero attached hydrogens (tertiary/aromatic N) is 3. The van der Waals surface area contributed by atoms with Crippen LogP contribution in [-0.4, -0.2) is 41.3 Å². The van der Waals surface area contributed by atoms with Gasteiger partial charge in [-0.3, -0.25) is 9.78 Å². The van der Waals surface area contributed by atoms with Crippen molar-refractivity contribution in [1.82, 2.24) is 9.88 Å². The molecule has 36 heavy (non-hydrogen) atoms. The summed E-state index contributed by atoms with van der Waals surface area (Å²) in [5.41, 5.74) is 6.62. The molecule has 2 fully saturated rings. The van der Waals surface area contributed by atoms with Crippen LogP contribution < -0.4 is 4.90 Å². The van der Waals surface area contributed by atoms with Gasteiger partial charge in [0.15, 0.2) is 0 Å². The van der Waals surface area contributed by atoms with Gasteiger partial charge in [0.25, 0.3) is 0 Å². The first kappa shape index (κ1) is 23.4. The molecule has 0 amide bonds. The van der Waals surface area contributed by atoms with Crippen LogP contribution in [0.5, 0.6) is 0 Å². The third-order valence-corrected chi connectivity index (χ3v) is 8.89. The number of hydrogen-bond acceptors (Lipinski definition) is 4. The van der Waals surface area contributed by atoms with Crippen molar-refractivity contribution in [3.63, 3.8) is 0 Å². The van der Waals surface area contributed by atoms with Crippen LogP contribution in [-0.2, 0) is 23.1 Å². The van der Waals surface area contributed by atoms with Crippen molar-refractivity contribution >= 4 is 17.2 Å². The molecule has 3 heterocycles. The number of piperidine rings is 1. The minimum atomic E-state index is 0.257. The fraction of sp³-hybridized carbons (Fsp3) is 0.438. The highest BCUT2D eigenvalue weighted by Gasteiger charge is 2.45. The van der Waals surface area contributed by atoms with Crippen LogP contribution in [0, 0.1) is 0 Å². The van der Waals surface area contributed by atoms with Gasteiger partial charge in [-0.2, -0.15) is 0 Å². The quantitative estimate of drug-likeness (QED) is 0.401. The highest BCUT2D eigenvalue weighted by molar-refractivity contribution is 5.81. The Morgan fingerprint density at radius 1 is 0.917 bits per heavy atom. The van der Waals surface area contributed by atoms with Gasteiger partial charge >= 0.3 is 0 Å². The number of benzene rings is 2. The molecule has 0 atom stereocenters. The number of ketones is 1. The normalized spacial score (nSPS) is 19.6. The van der Waals surface area contributed by atoms with Gasteiger partial charge in [0.1, 0.15) is 5.78 Å². The summed E-state index contributed by atoms with van der Waals surface area (Å²) in [5, 5.41) is 0. The maximum atomic E-state index is 12.6. The van der Waals surface area contributed by atoms with E-state index in [1.807, 2.05) is 18.3 Å². The Kier molecular flexibility index (Phi) is 6.62. The summed E-state index contributed by atoms with van der Waals surface area (Å²) in [6, 6.07) is 22.6. The number of Topliss-reactive ketones (excluding diaryl/α,β-unsaturated/α-hetero) is 1. The minimum absolute atomic E-state index is 0.257. The summed E-state index contributed by atoms with van der Waals surface area (Å²) in [6.45, 7) is 3.52. The smallest absolute Gasteiger partial charge is 0.137 e. The molecule has 4 nitrogen and oxygen atoms in total. The van der Waals surface area contributed by atoms with Gasteiger partial charge in [0, 0.05) is 54.6 Å². The van der Waals surface area contributed by atoms with Crippen LogP contribution in [0.4, 0.5) is 11.4 Å². The second kappa shape index (κ2) is 10.2. The van der Waals surface area contributed by atoms with Crippen LogP contribution in [0.3, 0.4) is 0 Å². The monoisotopic (exact) mass is 479 g/mol. The van der Waals surface area contributed by atoms with Gasteiger partial charge in [-0.25, -0.2) is 0 Å². The van der Waals surface area contributed by atoms with Gasteiger partial charge in [-0.1, -0.05) is 49.2 Å². The van der Waals surface area contributed by atoms with Gasteiger partial charge in [-0.15, -0.1) is 0 Å². The molecule has 0 radical (unpaired) electrons. The number of anilines is 2. The third-order valence-electron chi connectivity index (χ3n) is 8.89. The first-order valence-electron chi connectivity index (χ1n) is 13.8. The Bertz CT molecular complexity index is 1180. The van der Waals surface area contributed by atoms with E-state index < -0.39 is 0 Å². The molecule has 1 aliphatic carbocycles. The van der Waals surface area contributed by atoms with E-state index in [1.54, 1.807) is 6.20 Å². The van der Waals surface area contributed by atoms with Gasteiger partial charge < -0.3 is 9.80 Å². The summed E-state index contributed by atoms with van der Waals surface area (Å²) in [6.07, 6.45) is 13.6. The van der Waals surface area contributed by atoms with E-state index in [-0.39, 0.29) is 11.2 Å². The maximum Gasteiger partial charge on any atom is 0.137 e. The van der Waals surface area contributed by atoms with Crippen molar-refractivity contribution in [1.29, 1.82) is 0 Å². The zero-order chi connectivity index (χ0) is 24.4. The molecule has 3 aromatic rings. The number of pyridine rings is 1. The van der Waals surface area contributed by atoms with Crippen molar-refractivity contribution in [3.8, 4) is 0 Å².